The minimum atomic E-state index is -0.112. The SMILES string of the molecule is O=C1CCNC1c1cccnc1. The second-order valence-corrected chi connectivity index (χ2v) is 2.89. The number of carbonyl (C=O) groups is 1. The van der Waals surface area contributed by atoms with E-state index in [1.165, 1.54) is 0 Å². The van der Waals surface area contributed by atoms with Crippen LogP contribution >= 0.6 is 0 Å². The van der Waals surface area contributed by atoms with Gasteiger partial charge in [-0.25, -0.2) is 0 Å². The van der Waals surface area contributed by atoms with Crippen LogP contribution in [0.25, 0.3) is 0 Å². The second kappa shape index (κ2) is 3.03. The minimum absolute atomic E-state index is 0.112. The van der Waals surface area contributed by atoms with Crippen molar-refractivity contribution in [1.29, 1.82) is 0 Å². The predicted octanol–water partition coefficient (Wildman–Crippen LogP) is 0.685. The third kappa shape index (κ3) is 1.23. The Labute approximate surface area is 70.8 Å². The van der Waals surface area contributed by atoms with Gasteiger partial charge in [0, 0.05) is 25.4 Å². The zero-order valence-electron chi connectivity index (χ0n) is 6.66. The molecule has 0 saturated carbocycles. The molecular weight excluding hydrogens is 152 g/mol. The molecule has 1 aliphatic rings. The van der Waals surface area contributed by atoms with E-state index in [1.807, 2.05) is 12.1 Å². The molecule has 1 aromatic heterocycles. The molecule has 0 amide bonds. The molecule has 1 saturated heterocycles. The summed E-state index contributed by atoms with van der Waals surface area (Å²) in [5.41, 5.74) is 0.972. The van der Waals surface area contributed by atoms with Crippen LogP contribution in [0.3, 0.4) is 0 Å². The normalized spacial score (nSPS) is 23.0. The smallest absolute Gasteiger partial charge is 0.155 e. The fraction of sp³-hybridized carbons (Fsp3) is 0.333. The summed E-state index contributed by atoms with van der Waals surface area (Å²) in [7, 11) is 0. The first-order valence-corrected chi connectivity index (χ1v) is 4.04. The number of hydrogen-bond donors (Lipinski definition) is 1. The lowest BCUT2D eigenvalue weighted by atomic mass is 10.1. The number of hydrogen-bond acceptors (Lipinski definition) is 3. The first-order chi connectivity index (χ1) is 5.88. The average Bonchev–Trinajstić information content (AvgIpc) is 2.53. The highest BCUT2D eigenvalue weighted by Gasteiger charge is 2.24. The van der Waals surface area contributed by atoms with E-state index in [0.29, 0.717) is 6.42 Å². The van der Waals surface area contributed by atoms with E-state index >= 15 is 0 Å². The van der Waals surface area contributed by atoms with Crippen LogP contribution in [0.5, 0.6) is 0 Å². The van der Waals surface area contributed by atoms with Crippen molar-refractivity contribution < 1.29 is 4.79 Å². The van der Waals surface area contributed by atoms with Gasteiger partial charge >= 0.3 is 0 Å². The second-order valence-electron chi connectivity index (χ2n) is 2.89. The van der Waals surface area contributed by atoms with Gasteiger partial charge in [-0.05, 0) is 11.6 Å². The standard InChI is InChI=1S/C9H10N2O/c12-8-3-5-11-9(8)7-2-1-4-10-6-7/h1-2,4,6,9,11H,3,5H2. The molecule has 1 N–H and O–H groups in total. The van der Waals surface area contributed by atoms with Crippen LogP contribution in [-0.4, -0.2) is 17.3 Å². The highest BCUT2D eigenvalue weighted by atomic mass is 16.1. The molecule has 1 atom stereocenters. The summed E-state index contributed by atoms with van der Waals surface area (Å²) in [6.45, 7) is 0.790. The van der Waals surface area contributed by atoms with Crippen LogP contribution in [-0.2, 0) is 4.79 Å². The Morgan fingerprint density at radius 1 is 1.58 bits per heavy atom. The van der Waals surface area contributed by atoms with Crippen LogP contribution in [0.4, 0.5) is 0 Å². The van der Waals surface area contributed by atoms with Crippen molar-refractivity contribution in [2.75, 3.05) is 6.54 Å². The summed E-state index contributed by atoms with van der Waals surface area (Å²) >= 11 is 0. The van der Waals surface area contributed by atoms with E-state index in [1.54, 1.807) is 12.4 Å². The summed E-state index contributed by atoms with van der Waals surface area (Å²) in [5, 5.41) is 3.13. The average molecular weight is 162 g/mol. The molecule has 0 radical (unpaired) electrons. The number of aromatic nitrogens is 1. The van der Waals surface area contributed by atoms with Crippen LogP contribution < -0.4 is 5.32 Å². The Kier molecular flexibility index (Phi) is 1.87. The number of pyridine rings is 1. The van der Waals surface area contributed by atoms with Gasteiger partial charge in [0.1, 0.15) is 0 Å². The lowest BCUT2D eigenvalue weighted by molar-refractivity contribution is -0.118. The van der Waals surface area contributed by atoms with Gasteiger partial charge in [0.25, 0.3) is 0 Å². The predicted molar refractivity (Wildman–Crippen MR) is 44.6 cm³/mol. The molecule has 1 unspecified atom stereocenters. The van der Waals surface area contributed by atoms with E-state index in [-0.39, 0.29) is 11.8 Å². The van der Waals surface area contributed by atoms with Gasteiger partial charge in [-0.1, -0.05) is 6.07 Å². The van der Waals surface area contributed by atoms with Gasteiger partial charge in [0.15, 0.2) is 5.78 Å². The molecule has 1 fully saturated rings. The van der Waals surface area contributed by atoms with Crippen molar-refractivity contribution in [3.8, 4) is 0 Å². The maximum absolute atomic E-state index is 11.3. The molecule has 3 nitrogen and oxygen atoms in total. The topological polar surface area (TPSA) is 42.0 Å². The first-order valence-electron chi connectivity index (χ1n) is 4.04. The van der Waals surface area contributed by atoms with Gasteiger partial charge in [0.2, 0.25) is 0 Å². The van der Waals surface area contributed by atoms with Gasteiger partial charge in [-0.15, -0.1) is 0 Å². The quantitative estimate of drug-likeness (QED) is 0.660. The van der Waals surface area contributed by atoms with Crippen LogP contribution in [0.15, 0.2) is 24.5 Å². The van der Waals surface area contributed by atoms with Crippen LogP contribution in [0.1, 0.15) is 18.0 Å². The molecule has 62 valence electrons. The number of Topliss-reactive ketones (excluding diaryl/α,β-unsaturated/α-hetero) is 1. The lowest BCUT2D eigenvalue weighted by Gasteiger charge is -2.06. The molecule has 12 heavy (non-hydrogen) atoms. The molecule has 1 aliphatic heterocycles. The Morgan fingerprint density at radius 2 is 2.50 bits per heavy atom. The highest BCUT2D eigenvalue weighted by molar-refractivity contribution is 5.87. The largest absolute Gasteiger partial charge is 0.303 e. The third-order valence-corrected chi connectivity index (χ3v) is 2.06. The molecule has 0 aliphatic carbocycles. The number of rotatable bonds is 1. The van der Waals surface area contributed by atoms with E-state index in [2.05, 4.69) is 10.3 Å². The van der Waals surface area contributed by atoms with Gasteiger partial charge in [-0.2, -0.15) is 0 Å². The maximum atomic E-state index is 11.3. The van der Waals surface area contributed by atoms with Gasteiger partial charge in [0.05, 0.1) is 6.04 Å². The van der Waals surface area contributed by atoms with Crippen molar-refractivity contribution >= 4 is 5.78 Å². The molecule has 2 rings (SSSR count). The lowest BCUT2D eigenvalue weighted by Crippen LogP contribution is -2.17. The van der Waals surface area contributed by atoms with Gasteiger partial charge < -0.3 is 5.32 Å². The van der Waals surface area contributed by atoms with Crippen LogP contribution in [0.2, 0.25) is 0 Å². The van der Waals surface area contributed by atoms with Crippen molar-refractivity contribution in [3.05, 3.63) is 30.1 Å². The first kappa shape index (κ1) is 7.43. The zero-order valence-corrected chi connectivity index (χ0v) is 6.66. The van der Waals surface area contributed by atoms with E-state index in [0.717, 1.165) is 12.1 Å². The molecule has 0 bridgehead atoms. The minimum Gasteiger partial charge on any atom is -0.303 e. The summed E-state index contributed by atoms with van der Waals surface area (Å²) in [6.07, 6.45) is 4.09. The van der Waals surface area contributed by atoms with Crippen molar-refractivity contribution in [2.45, 2.75) is 12.5 Å². The van der Waals surface area contributed by atoms with E-state index < -0.39 is 0 Å². The summed E-state index contributed by atoms with van der Waals surface area (Å²) in [4.78, 5) is 15.3. The van der Waals surface area contributed by atoms with E-state index in [9.17, 15) is 4.79 Å². The Bertz CT molecular complexity index is 284. The summed E-state index contributed by atoms with van der Waals surface area (Å²) < 4.78 is 0. The molecule has 1 aromatic rings. The van der Waals surface area contributed by atoms with Gasteiger partial charge in [-0.3, -0.25) is 9.78 Å². The van der Waals surface area contributed by atoms with Crippen molar-refractivity contribution in [1.82, 2.24) is 10.3 Å². The van der Waals surface area contributed by atoms with Crippen molar-refractivity contribution in [3.63, 3.8) is 0 Å². The molecule has 3 heteroatoms. The Hall–Kier alpha value is -1.22. The monoisotopic (exact) mass is 162 g/mol. The maximum Gasteiger partial charge on any atom is 0.155 e. The number of nitrogens with zero attached hydrogens (tertiary/aromatic N) is 1. The fourth-order valence-corrected chi connectivity index (χ4v) is 1.45. The summed E-state index contributed by atoms with van der Waals surface area (Å²) in [6, 6.07) is 3.66. The molecule has 0 spiro atoms. The number of ketones is 1. The number of nitrogens with one attached hydrogen (secondary N) is 1. The fourth-order valence-electron chi connectivity index (χ4n) is 1.45. The highest BCUT2D eigenvalue weighted by Crippen LogP contribution is 2.18. The molecular formula is C9H10N2O. The number of carbonyl (C=O) groups excluding carboxylic acids is 1. The molecule has 2 heterocycles. The third-order valence-electron chi connectivity index (χ3n) is 2.06. The zero-order chi connectivity index (χ0) is 8.39. The summed E-state index contributed by atoms with van der Waals surface area (Å²) in [5.74, 6) is 0.267. The Balaban J connectivity index is 2.25. The van der Waals surface area contributed by atoms with Crippen molar-refractivity contribution in [2.24, 2.45) is 0 Å². The molecule has 0 aromatic carbocycles. The Morgan fingerprint density at radius 3 is 3.08 bits per heavy atom. The van der Waals surface area contributed by atoms with E-state index in [4.69, 9.17) is 0 Å². The van der Waals surface area contributed by atoms with Crippen LogP contribution in [0, 0.1) is 0 Å².